The van der Waals surface area contributed by atoms with E-state index >= 15 is 0 Å². The van der Waals surface area contributed by atoms with Crippen LogP contribution in [0.2, 0.25) is 0 Å². The monoisotopic (exact) mass is 336 g/mol. The number of rotatable bonds is 1. The molecule has 1 amide bonds. The average Bonchev–Trinajstić information content (AvgIpc) is 2.56. The van der Waals surface area contributed by atoms with Crippen LogP contribution in [0.5, 0.6) is 0 Å². The number of carbonyl (C=O) groups is 3. The van der Waals surface area contributed by atoms with Crippen molar-refractivity contribution in [2.45, 2.75) is 56.8 Å². The number of hydrogen-bond acceptors (Lipinski definition) is 6. The molecule has 120 valence electrons. The van der Waals surface area contributed by atoms with Gasteiger partial charge in [0.15, 0.2) is 0 Å². The normalized spacial score (nSPS) is 30.1. The number of nitrogens with zero attached hydrogens (tertiary/aromatic N) is 1. The van der Waals surface area contributed by atoms with Crippen LogP contribution >= 0.6 is 24.2 Å². The number of thioether (sulfide) groups is 1. The third kappa shape index (κ3) is 2.91. The van der Waals surface area contributed by atoms with Crippen molar-refractivity contribution in [2.75, 3.05) is 0 Å². The fourth-order valence-corrected chi connectivity index (χ4v) is 3.89. The molecule has 0 radical (unpaired) electrons. The van der Waals surface area contributed by atoms with Crippen molar-refractivity contribution in [3.63, 3.8) is 0 Å². The first-order chi connectivity index (χ1) is 8.97. The van der Waals surface area contributed by atoms with Crippen molar-refractivity contribution in [1.82, 2.24) is 4.90 Å². The highest BCUT2D eigenvalue weighted by atomic mass is 35.5. The summed E-state index contributed by atoms with van der Waals surface area (Å²) in [5, 5.41) is -0.209. The van der Waals surface area contributed by atoms with Crippen LogP contribution in [0.25, 0.3) is 0 Å². The lowest BCUT2D eigenvalue weighted by Crippen LogP contribution is -2.69. The maximum absolute atomic E-state index is 12.3. The standard InChI is InChI=1S/C13H20N2O4S.ClH/c1-12(2,3)11(18)19-10(17)7-13(4,5)20-9-6(14)8(16)15(7)9;/h6-7,9H,14H2,1-5H3;1H/t6-,7+,9-;/m1./s1. The van der Waals surface area contributed by atoms with Gasteiger partial charge in [0, 0.05) is 4.75 Å². The number of carbonyl (C=O) groups excluding carboxylic acids is 3. The molecule has 2 heterocycles. The zero-order chi connectivity index (χ0) is 15.5. The quantitative estimate of drug-likeness (QED) is 0.435. The summed E-state index contributed by atoms with van der Waals surface area (Å²) in [7, 11) is 0. The highest BCUT2D eigenvalue weighted by Crippen LogP contribution is 2.50. The largest absolute Gasteiger partial charge is 0.391 e. The van der Waals surface area contributed by atoms with Crippen LogP contribution in [0.1, 0.15) is 34.6 Å². The van der Waals surface area contributed by atoms with E-state index < -0.39 is 34.2 Å². The predicted molar refractivity (Wildman–Crippen MR) is 81.9 cm³/mol. The van der Waals surface area contributed by atoms with E-state index in [1.807, 2.05) is 13.8 Å². The minimum absolute atomic E-state index is 0. The summed E-state index contributed by atoms with van der Waals surface area (Å²) in [5.74, 6) is -1.53. The molecule has 2 aliphatic heterocycles. The molecule has 2 rings (SSSR count). The molecular weight excluding hydrogens is 316 g/mol. The molecule has 0 aromatic carbocycles. The molecule has 3 atom stereocenters. The van der Waals surface area contributed by atoms with Gasteiger partial charge in [-0.2, -0.15) is 0 Å². The summed E-state index contributed by atoms with van der Waals surface area (Å²) in [6.45, 7) is 8.72. The minimum Gasteiger partial charge on any atom is -0.391 e. The maximum Gasteiger partial charge on any atom is 0.337 e. The van der Waals surface area contributed by atoms with Gasteiger partial charge in [-0.1, -0.05) is 0 Å². The summed E-state index contributed by atoms with van der Waals surface area (Å²) in [6, 6.07) is -1.34. The number of ether oxygens (including phenoxy) is 1. The van der Waals surface area contributed by atoms with Crippen molar-refractivity contribution < 1.29 is 19.1 Å². The Labute approximate surface area is 134 Å². The van der Waals surface area contributed by atoms with Gasteiger partial charge in [-0.25, -0.2) is 4.79 Å². The van der Waals surface area contributed by atoms with E-state index in [2.05, 4.69) is 0 Å². The van der Waals surface area contributed by atoms with E-state index in [-0.39, 0.29) is 23.7 Å². The second-order valence-corrected chi connectivity index (χ2v) is 8.52. The lowest BCUT2D eigenvalue weighted by molar-refractivity contribution is -0.174. The molecule has 2 N–H and O–H groups in total. The van der Waals surface area contributed by atoms with Crippen molar-refractivity contribution in [1.29, 1.82) is 0 Å². The van der Waals surface area contributed by atoms with Crippen LogP contribution in [-0.2, 0) is 19.1 Å². The van der Waals surface area contributed by atoms with Gasteiger partial charge >= 0.3 is 11.9 Å². The summed E-state index contributed by atoms with van der Waals surface area (Å²) >= 11 is 1.47. The number of halogens is 1. The third-order valence-corrected chi connectivity index (χ3v) is 5.10. The van der Waals surface area contributed by atoms with Crippen molar-refractivity contribution in [2.24, 2.45) is 11.1 Å². The highest BCUT2D eigenvalue weighted by Gasteiger charge is 2.63. The van der Waals surface area contributed by atoms with Crippen LogP contribution < -0.4 is 5.73 Å². The molecule has 0 spiro atoms. The molecule has 0 aliphatic carbocycles. The molecule has 2 fully saturated rings. The molecule has 2 saturated heterocycles. The fraction of sp³-hybridized carbons (Fsp3) is 0.769. The summed E-state index contributed by atoms with van der Waals surface area (Å²) in [5.41, 5.74) is 4.97. The number of amides is 1. The van der Waals surface area contributed by atoms with Gasteiger partial charge in [-0.3, -0.25) is 9.59 Å². The van der Waals surface area contributed by atoms with Gasteiger partial charge < -0.3 is 15.4 Å². The fourth-order valence-electron chi connectivity index (χ4n) is 2.32. The van der Waals surface area contributed by atoms with Crippen LogP contribution in [0.3, 0.4) is 0 Å². The molecule has 8 heteroatoms. The van der Waals surface area contributed by atoms with Gasteiger partial charge in [0.1, 0.15) is 17.5 Å². The Bertz CT molecular complexity index is 489. The number of β-lactam (4-membered cyclic amide) rings is 1. The minimum atomic E-state index is -0.768. The maximum atomic E-state index is 12.3. The molecule has 0 saturated carbocycles. The summed E-state index contributed by atoms with van der Waals surface area (Å²) in [6.07, 6.45) is 0. The van der Waals surface area contributed by atoms with E-state index in [9.17, 15) is 14.4 Å². The Balaban J connectivity index is 0.00000220. The number of fused-ring (bicyclic) bond motifs is 1. The van der Waals surface area contributed by atoms with E-state index in [1.54, 1.807) is 20.8 Å². The van der Waals surface area contributed by atoms with E-state index in [0.29, 0.717) is 0 Å². The SMILES string of the molecule is CC(C)(C)C(=O)OC(=O)[C@@H]1N2C(=O)[C@@H](N)[C@H]2SC1(C)C.Cl. The summed E-state index contributed by atoms with van der Waals surface area (Å²) < 4.78 is 4.42. The van der Waals surface area contributed by atoms with Crippen molar-refractivity contribution in [3.8, 4) is 0 Å². The zero-order valence-corrected chi connectivity index (χ0v) is 14.3. The number of esters is 2. The second-order valence-electron chi connectivity index (χ2n) is 6.74. The average molecular weight is 337 g/mol. The van der Waals surface area contributed by atoms with Gasteiger partial charge in [0.05, 0.1) is 5.41 Å². The Morgan fingerprint density at radius 1 is 1.33 bits per heavy atom. The Morgan fingerprint density at radius 2 is 1.86 bits per heavy atom. The van der Waals surface area contributed by atoms with E-state index in [0.717, 1.165) is 0 Å². The van der Waals surface area contributed by atoms with Crippen LogP contribution in [0.15, 0.2) is 0 Å². The molecular formula is C13H21ClN2O4S. The smallest absolute Gasteiger partial charge is 0.337 e. The molecule has 21 heavy (non-hydrogen) atoms. The predicted octanol–water partition coefficient (Wildman–Crippen LogP) is 0.914. The molecule has 0 aromatic heterocycles. The number of nitrogens with two attached hydrogens (primary N) is 1. The molecule has 0 bridgehead atoms. The van der Waals surface area contributed by atoms with Crippen molar-refractivity contribution in [3.05, 3.63) is 0 Å². The number of hydrogen-bond donors (Lipinski definition) is 1. The highest BCUT2D eigenvalue weighted by molar-refractivity contribution is 8.01. The first kappa shape index (κ1) is 18.3. The zero-order valence-electron chi connectivity index (χ0n) is 12.7. The topological polar surface area (TPSA) is 89.7 Å². The van der Waals surface area contributed by atoms with Gasteiger partial charge in [0.25, 0.3) is 0 Å². The van der Waals surface area contributed by atoms with Crippen LogP contribution in [-0.4, -0.2) is 45.0 Å². The first-order valence-electron chi connectivity index (χ1n) is 6.48. The third-order valence-electron chi connectivity index (χ3n) is 3.51. The second kappa shape index (κ2) is 5.44. The molecule has 2 aliphatic rings. The first-order valence-corrected chi connectivity index (χ1v) is 7.36. The molecule has 0 aromatic rings. The van der Waals surface area contributed by atoms with Gasteiger partial charge in [-0.05, 0) is 34.6 Å². The van der Waals surface area contributed by atoms with Gasteiger partial charge in [-0.15, -0.1) is 24.2 Å². The summed E-state index contributed by atoms with van der Waals surface area (Å²) in [4.78, 5) is 37.3. The molecule has 0 unspecified atom stereocenters. The van der Waals surface area contributed by atoms with E-state index in [4.69, 9.17) is 10.5 Å². The Hall–Kier alpha value is -0.790. The van der Waals surface area contributed by atoms with Crippen LogP contribution in [0.4, 0.5) is 0 Å². The Morgan fingerprint density at radius 3 is 2.33 bits per heavy atom. The lowest BCUT2D eigenvalue weighted by atomic mass is 9.95. The van der Waals surface area contributed by atoms with Crippen LogP contribution in [0, 0.1) is 5.41 Å². The Kier molecular flexibility index (Phi) is 4.73. The van der Waals surface area contributed by atoms with E-state index in [1.165, 1.54) is 16.7 Å². The molecule has 6 nitrogen and oxygen atoms in total. The van der Waals surface area contributed by atoms with Gasteiger partial charge in [0.2, 0.25) is 5.91 Å². The lowest BCUT2D eigenvalue weighted by Gasteiger charge is -2.41. The van der Waals surface area contributed by atoms with Crippen molar-refractivity contribution >= 4 is 42.0 Å².